The van der Waals surface area contributed by atoms with Gasteiger partial charge < -0.3 is 24.5 Å². The highest BCUT2D eigenvalue weighted by molar-refractivity contribution is 9.10. The van der Waals surface area contributed by atoms with Crippen LogP contribution in [0.15, 0.2) is 63.9 Å². The van der Waals surface area contributed by atoms with Gasteiger partial charge in [-0.25, -0.2) is 0 Å². The zero-order valence-corrected chi connectivity index (χ0v) is 23.1. The highest BCUT2D eigenvalue weighted by Gasteiger charge is 2.09. The summed E-state index contributed by atoms with van der Waals surface area (Å²) < 4.78 is 21.8. The number of anilines is 1. The summed E-state index contributed by atoms with van der Waals surface area (Å²) in [5.74, 6) is 0.646. The summed E-state index contributed by atoms with van der Waals surface area (Å²) in [6.07, 6.45) is 7.28. The molecule has 1 heterocycles. The molecule has 3 rings (SSSR count). The summed E-state index contributed by atoms with van der Waals surface area (Å²) in [6, 6.07) is 15.1. The number of rotatable bonds is 15. The van der Waals surface area contributed by atoms with Crippen molar-refractivity contribution in [3.05, 3.63) is 76.2 Å². The van der Waals surface area contributed by atoms with Crippen LogP contribution < -0.4 is 10.6 Å². The summed E-state index contributed by atoms with van der Waals surface area (Å²) in [6.45, 7) is 7.07. The van der Waals surface area contributed by atoms with E-state index in [1.54, 1.807) is 12.5 Å². The van der Waals surface area contributed by atoms with E-state index >= 15 is 0 Å². The first-order chi connectivity index (χ1) is 16.9. The van der Waals surface area contributed by atoms with Gasteiger partial charge in [0.1, 0.15) is 0 Å². The van der Waals surface area contributed by atoms with Gasteiger partial charge in [-0.3, -0.25) is 4.57 Å². The van der Waals surface area contributed by atoms with E-state index in [0.717, 1.165) is 48.2 Å². The van der Waals surface area contributed by atoms with Gasteiger partial charge in [0.15, 0.2) is 0 Å². The van der Waals surface area contributed by atoms with E-state index in [9.17, 15) is 4.57 Å². The Kier molecular flexibility index (Phi) is 11.6. The van der Waals surface area contributed by atoms with Crippen molar-refractivity contribution in [2.24, 2.45) is 5.92 Å². The van der Waals surface area contributed by atoms with Gasteiger partial charge in [-0.2, -0.15) is 0 Å². The van der Waals surface area contributed by atoms with E-state index in [0.29, 0.717) is 25.4 Å². The molecule has 0 aliphatic heterocycles. The van der Waals surface area contributed by atoms with Gasteiger partial charge >= 0.3 is 8.25 Å². The first kappa shape index (κ1) is 27.7. The van der Waals surface area contributed by atoms with Crippen molar-refractivity contribution < 1.29 is 18.4 Å². The first-order valence-electron chi connectivity index (χ1n) is 12.2. The fourth-order valence-electron chi connectivity index (χ4n) is 3.97. The summed E-state index contributed by atoms with van der Waals surface area (Å²) in [7, 11) is -2.84. The molecule has 1 atom stereocenters. The number of furan rings is 1. The molecule has 0 aliphatic rings. The average molecular weight is 563 g/mol. The predicted octanol–water partition coefficient (Wildman–Crippen LogP) is 6.83. The number of hydrogen-bond acceptors (Lipinski definition) is 5. The van der Waals surface area contributed by atoms with E-state index < -0.39 is 8.25 Å². The predicted molar refractivity (Wildman–Crippen MR) is 147 cm³/mol. The second kappa shape index (κ2) is 14.6. The fourth-order valence-corrected chi connectivity index (χ4v) is 4.88. The van der Waals surface area contributed by atoms with Crippen LogP contribution in [0.5, 0.6) is 0 Å². The van der Waals surface area contributed by atoms with Crippen LogP contribution >= 0.6 is 24.2 Å². The maximum atomic E-state index is 10.6. The molecule has 3 N–H and O–H groups in total. The lowest BCUT2D eigenvalue weighted by Gasteiger charge is -2.14. The fraction of sp³-hybridized carbons (Fsp3) is 0.407. The van der Waals surface area contributed by atoms with Crippen LogP contribution in [0.4, 0.5) is 5.69 Å². The van der Waals surface area contributed by atoms with Crippen molar-refractivity contribution in [3.8, 4) is 11.1 Å². The Morgan fingerprint density at radius 2 is 1.91 bits per heavy atom. The number of halogens is 1. The van der Waals surface area contributed by atoms with Crippen LogP contribution in [0.2, 0.25) is 0 Å². The van der Waals surface area contributed by atoms with Gasteiger partial charge in [0, 0.05) is 34.4 Å². The van der Waals surface area contributed by atoms with Gasteiger partial charge in [0.25, 0.3) is 0 Å². The zero-order valence-electron chi connectivity index (χ0n) is 20.5. The SMILES string of the molecule is CC(C)Cc1ccc(CCCNc2ccc(CNCCCO[PH](=O)O)cc2-c2ccoc2)cc1Br. The molecular weight excluding hydrogens is 527 g/mol. The number of hydrogen-bond donors (Lipinski definition) is 3. The van der Waals surface area contributed by atoms with Crippen molar-refractivity contribution in [2.75, 3.05) is 25.0 Å². The molecule has 0 saturated heterocycles. The summed E-state index contributed by atoms with van der Waals surface area (Å²) in [5.41, 5.74) is 7.12. The van der Waals surface area contributed by atoms with Crippen LogP contribution in [0.25, 0.3) is 11.1 Å². The Labute approximate surface area is 217 Å². The number of nitrogens with one attached hydrogen (secondary N) is 2. The third kappa shape index (κ3) is 9.59. The molecule has 0 aliphatic carbocycles. The van der Waals surface area contributed by atoms with Crippen molar-refractivity contribution >= 4 is 29.9 Å². The minimum absolute atomic E-state index is 0.281. The second-order valence-electron chi connectivity index (χ2n) is 9.09. The van der Waals surface area contributed by atoms with E-state index in [-0.39, 0.29) is 6.61 Å². The van der Waals surface area contributed by atoms with Crippen molar-refractivity contribution in [2.45, 2.75) is 46.1 Å². The van der Waals surface area contributed by atoms with E-state index in [1.165, 1.54) is 15.6 Å². The van der Waals surface area contributed by atoms with Crippen LogP contribution in [0, 0.1) is 5.92 Å². The summed E-state index contributed by atoms with van der Waals surface area (Å²) in [5, 5.41) is 6.96. The normalized spacial score (nSPS) is 12.3. The lowest BCUT2D eigenvalue weighted by atomic mass is 10.0. The van der Waals surface area contributed by atoms with Crippen LogP contribution in [0.1, 0.15) is 43.4 Å². The minimum Gasteiger partial charge on any atom is -0.472 e. The van der Waals surface area contributed by atoms with Crippen molar-refractivity contribution in [3.63, 3.8) is 0 Å². The Hall–Kier alpha value is -1.89. The van der Waals surface area contributed by atoms with Gasteiger partial charge in [0.2, 0.25) is 0 Å². The van der Waals surface area contributed by atoms with Crippen LogP contribution in [-0.2, 0) is 28.5 Å². The molecule has 0 fully saturated rings. The van der Waals surface area contributed by atoms with Gasteiger partial charge in [0.05, 0.1) is 19.1 Å². The third-order valence-electron chi connectivity index (χ3n) is 5.67. The Balaban J connectivity index is 1.53. The molecule has 6 nitrogen and oxygen atoms in total. The molecule has 0 amide bonds. The van der Waals surface area contributed by atoms with Crippen LogP contribution in [-0.4, -0.2) is 24.6 Å². The Morgan fingerprint density at radius 3 is 2.63 bits per heavy atom. The van der Waals surface area contributed by atoms with E-state index in [2.05, 4.69) is 76.8 Å². The maximum Gasteiger partial charge on any atom is 0.316 e. The molecule has 2 aromatic carbocycles. The molecule has 190 valence electrons. The summed E-state index contributed by atoms with van der Waals surface area (Å²) >= 11 is 3.74. The molecule has 0 spiro atoms. The van der Waals surface area contributed by atoms with Gasteiger partial charge in [-0.1, -0.05) is 48.0 Å². The maximum absolute atomic E-state index is 10.6. The largest absolute Gasteiger partial charge is 0.472 e. The zero-order chi connectivity index (χ0) is 25.0. The monoisotopic (exact) mass is 562 g/mol. The van der Waals surface area contributed by atoms with Crippen LogP contribution in [0.3, 0.4) is 0 Å². The highest BCUT2D eigenvalue weighted by atomic mass is 79.9. The lowest BCUT2D eigenvalue weighted by molar-refractivity contribution is 0.276. The smallest absolute Gasteiger partial charge is 0.316 e. The average Bonchev–Trinajstić information content (AvgIpc) is 3.35. The highest BCUT2D eigenvalue weighted by Crippen LogP contribution is 2.30. The number of aryl methyl sites for hydroxylation is 1. The molecule has 1 aromatic heterocycles. The molecular formula is C27H36BrN2O4P. The summed E-state index contributed by atoms with van der Waals surface area (Å²) in [4.78, 5) is 8.70. The second-order valence-corrected chi connectivity index (χ2v) is 10.8. The minimum atomic E-state index is -2.84. The topological polar surface area (TPSA) is 83.7 Å². The van der Waals surface area contributed by atoms with Crippen molar-refractivity contribution in [1.82, 2.24) is 5.32 Å². The molecule has 0 bridgehead atoms. The molecule has 1 unspecified atom stereocenters. The lowest BCUT2D eigenvalue weighted by Crippen LogP contribution is -2.16. The Morgan fingerprint density at radius 1 is 1.09 bits per heavy atom. The molecule has 0 saturated carbocycles. The van der Waals surface area contributed by atoms with E-state index in [4.69, 9.17) is 13.8 Å². The standard InChI is InChI=1S/C27H36BrN2O4P/c1-20(2)15-23-8-6-21(17-26(23)28)5-3-12-30-27-9-7-22(16-25(27)24-10-14-33-19-24)18-29-11-4-13-34-35(31)32/h6-10,14,16-17,19-20,29-30,35H,3-5,11-13,15,18H2,1-2H3,(H,31,32). The molecule has 3 aromatic rings. The molecule has 35 heavy (non-hydrogen) atoms. The first-order valence-corrected chi connectivity index (χ1v) is 14.2. The third-order valence-corrected chi connectivity index (χ3v) is 6.86. The Bertz CT molecular complexity index is 1070. The molecule has 0 radical (unpaired) electrons. The van der Waals surface area contributed by atoms with Gasteiger partial charge in [-0.15, -0.1) is 0 Å². The van der Waals surface area contributed by atoms with Crippen molar-refractivity contribution in [1.29, 1.82) is 0 Å². The van der Waals surface area contributed by atoms with E-state index in [1.807, 2.05) is 6.07 Å². The molecule has 8 heteroatoms. The number of benzene rings is 2. The quantitative estimate of drug-likeness (QED) is 0.139. The van der Waals surface area contributed by atoms with Gasteiger partial charge in [-0.05, 0) is 79.1 Å².